The number of benzene rings is 1. The lowest BCUT2D eigenvalue weighted by Crippen LogP contribution is -2.28. The number of rotatable bonds is 5. The zero-order valence-electron chi connectivity index (χ0n) is 10.2. The summed E-state index contributed by atoms with van der Waals surface area (Å²) >= 11 is 0. The summed E-state index contributed by atoms with van der Waals surface area (Å²) in [7, 11) is 4.19. The number of hydrogen-bond donors (Lipinski definition) is 1. The van der Waals surface area contributed by atoms with Gasteiger partial charge in [-0.15, -0.1) is 0 Å². The second-order valence-electron chi connectivity index (χ2n) is 4.39. The van der Waals surface area contributed by atoms with Crippen LogP contribution in [-0.2, 0) is 0 Å². The standard InChI is InChI=1S/C13H22N2/c1-11-5-7-13(8-6-11)12(2)14-9-10-15(3)4/h5-8,12,14H,9-10H2,1-4H3/t12-/m1/s1. The van der Waals surface area contributed by atoms with Gasteiger partial charge < -0.3 is 10.2 Å². The molecular weight excluding hydrogens is 184 g/mol. The molecule has 2 nitrogen and oxygen atoms in total. The van der Waals surface area contributed by atoms with Gasteiger partial charge in [0.2, 0.25) is 0 Å². The summed E-state index contributed by atoms with van der Waals surface area (Å²) in [6.07, 6.45) is 0. The van der Waals surface area contributed by atoms with E-state index in [1.807, 2.05) is 0 Å². The molecule has 0 saturated heterocycles. The summed E-state index contributed by atoms with van der Waals surface area (Å²) in [6.45, 7) is 6.44. The fourth-order valence-electron chi connectivity index (χ4n) is 1.48. The number of nitrogens with zero attached hydrogens (tertiary/aromatic N) is 1. The first kappa shape index (κ1) is 12.2. The summed E-state index contributed by atoms with van der Waals surface area (Å²) in [4.78, 5) is 2.19. The summed E-state index contributed by atoms with van der Waals surface area (Å²) in [5.74, 6) is 0. The van der Waals surface area contributed by atoms with Crippen molar-refractivity contribution in [1.29, 1.82) is 0 Å². The van der Waals surface area contributed by atoms with Crippen LogP contribution in [0, 0.1) is 6.92 Å². The first-order chi connectivity index (χ1) is 7.09. The van der Waals surface area contributed by atoms with Crippen LogP contribution in [0.25, 0.3) is 0 Å². The van der Waals surface area contributed by atoms with Gasteiger partial charge >= 0.3 is 0 Å². The summed E-state index contributed by atoms with van der Waals surface area (Å²) in [5.41, 5.74) is 2.68. The third kappa shape index (κ3) is 4.45. The van der Waals surface area contributed by atoms with E-state index < -0.39 is 0 Å². The van der Waals surface area contributed by atoms with Gasteiger partial charge in [-0.25, -0.2) is 0 Å². The van der Waals surface area contributed by atoms with Crippen LogP contribution in [-0.4, -0.2) is 32.1 Å². The van der Waals surface area contributed by atoms with Gasteiger partial charge in [-0.1, -0.05) is 29.8 Å². The van der Waals surface area contributed by atoms with Gasteiger partial charge in [0.15, 0.2) is 0 Å². The largest absolute Gasteiger partial charge is 0.309 e. The van der Waals surface area contributed by atoms with E-state index in [-0.39, 0.29) is 0 Å². The fourth-order valence-corrected chi connectivity index (χ4v) is 1.48. The minimum atomic E-state index is 0.436. The Bertz CT molecular complexity index is 277. The average Bonchev–Trinajstić information content (AvgIpc) is 2.18. The molecule has 0 aromatic heterocycles. The molecule has 0 fully saturated rings. The molecule has 0 aliphatic carbocycles. The van der Waals surface area contributed by atoms with Gasteiger partial charge in [0.25, 0.3) is 0 Å². The van der Waals surface area contributed by atoms with Crippen LogP contribution in [0.2, 0.25) is 0 Å². The Morgan fingerprint density at radius 1 is 1.20 bits per heavy atom. The van der Waals surface area contributed by atoms with Crippen LogP contribution < -0.4 is 5.32 Å². The maximum atomic E-state index is 3.51. The Morgan fingerprint density at radius 2 is 1.80 bits per heavy atom. The third-order valence-electron chi connectivity index (χ3n) is 2.59. The molecule has 0 radical (unpaired) electrons. The van der Waals surface area contributed by atoms with Crippen molar-refractivity contribution < 1.29 is 0 Å². The lowest BCUT2D eigenvalue weighted by molar-refractivity contribution is 0.389. The Labute approximate surface area is 93.3 Å². The van der Waals surface area contributed by atoms with Gasteiger partial charge in [0.05, 0.1) is 0 Å². The van der Waals surface area contributed by atoms with Crippen molar-refractivity contribution in [3.05, 3.63) is 35.4 Å². The molecule has 0 saturated carbocycles. The van der Waals surface area contributed by atoms with Crippen molar-refractivity contribution in [2.24, 2.45) is 0 Å². The Morgan fingerprint density at radius 3 is 2.33 bits per heavy atom. The fraction of sp³-hybridized carbons (Fsp3) is 0.538. The van der Waals surface area contributed by atoms with Crippen molar-refractivity contribution in [2.45, 2.75) is 19.9 Å². The van der Waals surface area contributed by atoms with Crippen molar-refractivity contribution >= 4 is 0 Å². The van der Waals surface area contributed by atoms with E-state index in [4.69, 9.17) is 0 Å². The molecule has 0 spiro atoms. The zero-order valence-corrected chi connectivity index (χ0v) is 10.2. The first-order valence-corrected chi connectivity index (χ1v) is 5.54. The van der Waals surface area contributed by atoms with E-state index in [9.17, 15) is 0 Å². The molecule has 84 valence electrons. The Balaban J connectivity index is 2.40. The normalized spacial score (nSPS) is 13.1. The summed E-state index contributed by atoms with van der Waals surface area (Å²) in [5, 5.41) is 3.51. The summed E-state index contributed by atoms with van der Waals surface area (Å²) in [6, 6.07) is 9.16. The molecule has 1 atom stereocenters. The first-order valence-electron chi connectivity index (χ1n) is 5.54. The highest BCUT2D eigenvalue weighted by molar-refractivity contribution is 5.23. The second-order valence-corrected chi connectivity index (χ2v) is 4.39. The van der Waals surface area contributed by atoms with Crippen LogP contribution in [0.1, 0.15) is 24.1 Å². The third-order valence-corrected chi connectivity index (χ3v) is 2.59. The molecule has 0 aliphatic heterocycles. The maximum Gasteiger partial charge on any atom is 0.0292 e. The smallest absolute Gasteiger partial charge is 0.0292 e. The van der Waals surface area contributed by atoms with Gasteiger partial charge in [-0.05, 0) is 33.5 Å². The van der Waals surface area contributed by atoms with Crippen molar-refractivity contribution in [1.82, 2.24) is 10.2 Å². The van der Waals surface area contributed by atoms with Gasteiger partial charge in [0.1, 0.15) is 0 Å². The molecule has 0 heterocycles. The molecule has 0 unspecified atom stereocenters. The predicted molar refractivity (Wildman–Crippen MR) is 66.2 cm³/mol. The molecule has 1 rings (SSSR count). The molecule has 1 aromatic carbocycles. The second kappa shape index (κ2) is 5.89. The van der Waals surface area contributed by atoms with Crippen molar-refractivity contribution in [2.75, 3.05) is 27.2 Å². The van der Waals surface area contributed by atoms with E-state index in [1.54, 1.807) is 0 Å². The lowest BCUT2D eigenvalue weighted by atomic mass is 10.1. The maximum absolute atomic E-state index is 3.51. The molecule has 2 heteroatoms. The highest BCUT2D eigenvalue weighted by Gasteiger charge is 2.03. The number of aryl methyl sites for hydroxylation is 1. The Hall–Kier alpha value is -0.860. The molecule has 0 bridgehead atoms. The van der Waals surface area contributed by atoms with E-state index in [0.29, 0.717) is 6.04 Å². The molecule has 1 N–H and O–H groups in total. The van der Waals surface area contributed by atoms with E-state index in [0.717, 1.165) is 13.1 Å². The van der Waals surface area contributed by atoms with Crippen LogP contribution in [0.15, 0.2) is 24.3 Å². The van der Waals surface area contributed by atoms with E-state index in [1.165, 1.54) is 11.1 Å². The topological polar surface area (TPSA) is 15.3 Å². The average molecular weight is 206 g/mol. The number of hydrogen-bond acceptors (Lipinski definition) is 2. The minimum absolute atomic E-state index is 0.436. The predicted octanol–water partition coefficient (Wildman–Crippen LogP) is 2.21. The van der Waals surface area contributed by atoms with E-state index >= 15 is 0 Å². The van der Waals surface area contributed by atoms with Crippen LogP contribution in [0.4, 0.5) is 0 Å². The van der Waals surface area contributed by atoms with E-state index in [2.05, 4.69) is 62.4 Å². The SMILES string of the molecule is Cc1ccc([C@@H](C)NCCN(C)C)cc1. The monoisotopic (exact) mass is 206 g/mol. The lowest BCUT2D eigenvalue weighted by Gasteiger charge is -2.16. The van der Waals surface area contributed by atoms with Crippen molar-refractivity contribution in [3.63, 3.8) is 0 Å². The zero-order chi connectivity index (χ0) is 11.3. The Kier molecular flexibility index (Phi) is 4.79. The van der Waals surface area contributed by atoms with Gasteiger partial charge in [-0.2, -0.15) is 0 Å². The molecular formula is C13H22N2. The highest BCUT2D eigenvalue weighted by Crippen LogP contribution is 2.12. The molecule has 0 aliphatic rings. The highest BCUT2D eigenvalue weighted by atomic mass is 15.1. The number of nitrogens with one attached hydrogen (secondary N) is 1. The molecule has 1 aromatic rings. The quantitative estimate of drug-likeness (QED) is 0.794. The van der Waals surface area contributed by atoms with Crippen LogP contribution >= 0.6 is 0 Å². The van der Waals surface area contributed by atoms with Gasteiger partial charge in [0, 0.05) is 19.1 Å². The van der Waals surface area contributed by atoms with Crippen LogP contribution in [0.5, 0.6) is 0 Å². The van der Waals surface area contributed by atoms with Gasteiger partial charge in [-0.3, -0.25) is 0 Å². The summed E-state index contributed by atoms with van der Waals surface area (Å²) < 4.78 is 0. The molecule has 0 amide bonds. The van der Waals surface area contributed by atoms with Crippen LogP contribution in [0.3, 0.4) is 0 Å². The minimum Gasteiger partial charge on any atom is -0.309 e. The molecule has 15 heavy (non-hydrogen) atoms. The van der Waals surface area contributed by atoms with Crippen molar-refractivity contribution in [3.8, 4) is 0 Å². The number of likely N-dealkylation sites (N-methyl/N-ethyl adjacent to an activating group) is 1.